The summed E-state index contributed by atoms with van der Waals surface area (Å²) in [5.74, 6) is -1.47. The predicted octanol–water partition coefficient (Wildman–Crippen LogP) is 3.51. The van der Waals surface area contributed by atoms with E-state index in [1.807, 2.05) is 36.6 Å². The number of benzene rings is 2. The fourth-order valence-electron chi connectivity index (χ4n) is 2.98. The number of hydrogen-bond acceptors (Lipinski definition) is 5. The molecule has 0 aromatic heterocycles. The molecule has 3 N–H and O–H groups in total. The molecule has 2 aromatic carbocycles. The number of rotatable bonds is 8. The maximum atomic E-state index is 13.3. The van der Waals surface area contributed by atoms with Crippen molar-refractivity contribution in [3.63, 3.8) is 0 Å². The molecule has 1 unspecified atom stereocenters. The molecular weight excluding hydrogens is 396 g/mol. The number of carboxylic acid groups (broad SMARTS) is 1. The molecule has 6 nitrogen and oxygen atoms in total. The molecule has 0 saturated carbocycles. The zero-order valence-corrected chi connectivity index (χ0v) is 17.1. The van der Waals surface area contributed by atoms with Gasteiger partial charge in [-0.15, -0.1) is 0 Å². The Bertz CT molecular complexity index is 859. The number of carbonyl (C=O) groups is 3. The van der Waals surface area contributed by atoms with E-state index in [9.17, 15) is 19.5 Å². The molecule has 0 spiro atoms. The van der Waals surface area contributed by atoms with E-state index in [4.69, 9.17) is 5.73 Å². The molecule has 0 aliphatic heterocycles. The van der Waals surface area contributed by atoms with E-state index >= 15 is 0 Å². The van der Waals surface area contributed by atoms with Crippen molar-refractivity contribution in [2.45, 2.75) is 19.0 Å². The molecule has 2 rings (SSSR count). The molecule has 0 aliphatic rings. The van der Waals surface area contributed by atoms with Gasteiger partial charge in [0.1, 0.15) is 6.04 Å². The first kappa shape index (κ1) is 22.0. The first-order chi connectivity index (χ1) is 13.4. The maximum Gasteiger partial charge on any atom is 0.326 e. The largest absolute Gasteiger partial charge is 0.480 e. The molecular formula is C20H22N2O4S2. The van der Waals surface area contributed by atoms with Crippen LogP contribution >= 0.6 is 24.4 Å². The van der Waals surface area contributed by atoms with Crippen molar-refractivity contribution in [2.24, 2.45) is 5.73 Å². The Hall–Kier alpha value is -2.29. The normalized spacial score (nSPS) is 11.7. The molecule has 0 fully saturated rings. The lowest BCUT2D eigenvalue weighted by molar-refractivity contribution is -0.141. The van der Waals surface area contributed by atoms with Gasteiger partial charge in [0.2, 0.25) is 0 Å². The summed E-state index contributed by atoms with van der Waals surface area (Å²) in [6.07, 6.45) is 1.96. The highest BCUT2D eigenvalue weighted by Gasteiger charge is 2.35. The van der Waals surface area contributed by atoms with Crippen molar-refractivity contribution < 1.29 is 19.5 Å². The predicted molar refractivity (Wildman–Crippen MR) is 115 cm³/mol. The number of carboxylic acids is 1. The van der Waals surface area contributed by atoms with Gasteiger partial charge in [0, 0.05) is 12.1 Å². The number of thioether (sulfide) groups is 1. The topological polar surface area (TPSA) is 101 Å². The molecule has 2 aromatic rings. The number of amides is 2. The van der Waals surface area contributed by atoms with Gasteiger partial charge in [-0.3, -0.25) is 14.5 Å². The van der Waals surface area contributed by atoms with E-state index in [1.165, 1.54) is 11.8 Å². The lowest BCUT2D eigenvalue weighted by Crippen LogP contribution is -2.47. The summed E-state index contributed by atoms with van der Waals surface area (Å²) in [6, 6.07) is 12.9. The van der Waals surface area contributed by atoms with Crippen LogP contribution in [0.2, 0.25) is 0 Å². The van der Waals surface area contributed by atoms with Crippen LogP contribution in [0.3, 0.4) is 0 Å². The number of carbonyl (C=O) groups excluding carboxylic acids is 2. The third kappa shape index (κ3) is 4.95. The number of nitrogens with two attached hydrogens (primary N) is 1. The molecule has 28 heavy (non-hydrogen) atoms. The Morgan fingerprint density at radius 1 is 1.14 bits per heavy atom. The molecule has 2 amide bonds. The summed E-state index contributed by atoms with van der Waals surface area (Å²) in [7, 11) is 0. The van der Waals surface area contributed by atoms with Crippen LogP contribution in [-0.4, -0.2) is 45.2 Å². The van der Waals surface area contributed by atoms with E-state index in [0.717, 1.165) is 11.1 Å². The average molecular weight is 419 g/mol. The van der Waals surface area contributed by atoms with Gasteiger partial charge < -0.3 is 10.8 Å². The van der Waals surface area contributed by atoms with Crippen molar-refractivity contribution in [3.05, 3.63) is 59.7 Å². The highest BCUT2D eigenvalue weighted by atomic mass is 32.2. The van der Waals surface area contributed by atoms with E-state index in [0.29, 0.717) is 16.2 Å². The minimum Gasteiger partial charge on any atom is -0.480 e. The van der Waals surface area contributed by atoms with E-state index in [1.54, 1.807) is 18.2 Å². The SMILES string of the molecule is CSCCC(C(=O)O)N(C(=O)S)C(=O)c1cccc(CN)c1-c1ccccc1. The van der Waals surface area contributed by atoms with Crippen LogP contribution in [0.15, 0.2) is 48.5 Å². The molecule has 0 saturated heterocycles. The van der Waals surface area contributed by atoms with Gasteiger partial charge in [-0.2, -0.15) is 11.8 Å². The van der Waals surface area contributed by atoms with Crippen LogP contribution in [0.5, 0.6) is 0 Å². The summed E-state index contributed by atoms with van der Waals surface area (Å²) in [4.78, 5) is 37.9. The standard InChI is InChI=1S/C20H22N2O4S2/c1-28-11-10-16(19(24)25)22(20(26)27)18(23)15-9-5-8-14(12-21)17(15)13-6-3-2-4-7-13/h2-9,16H,10-12,21H2,1H3,(H,24,25)(H,26,27). The summed E-state index contributed by atoms with van der Waals surface area (Å²) < 4.78 is 0. The van der Waals surface area contributed by atoms with Crippen LogP contribution in [0.25, 0.3) is 11.1 Å². The van der Waals surface area contributed by atoms with Crippen LogP contribution in [-0.2, 0) is 11.3 Å². The van der Waals surface area contributed by atoms with Gasteiger partial charge in [0.05, 0.1) is 0 Å². The molecule has 0 radical (unpaired) electrons. The maximum absolute atomic E-state index is 13.3. The minimum atomic E-state index is -1.30. The second kappa shape index (κ2) is 10.3. The fraction of sp³-hybridized carbons (Fsp3) is 0.250. The van der Waals surface area contributed by atoms with Crippen LogP contribution in [0, 0.1) is 0 Å². The zero-order chi connectivity index (χ0) is 20.7. The third-order valence-corrected chi connectivity index (χ3v) is 5.14. The Balaban J connectivity index is 2.60. The summed E-state index contributed by atoms with van der Waals surface area (Å²) in [6.45, 7) is 0.189. The lowest BCUT2D eigenvalue weighted by atomic mass is 9.93. The number of nitrogens with zero attached hydrogens (tertiary/aromatic N) is 1. The Kier molecular flexibility index (Phi) is 8.10. The lowest BCUT2D eigenvalue weighted by Gasteiger charge is -2.27. The molecule has 8 heteroatoms. The first-order valence-electron chi connectivity index (χ1n) is 8.58. The fourth-order valence-corrected chi connectivity index (χ4v) is 3.67. The van der Waals surface area contributed by atoms with Gasteiger partial charge in [-0.05, 0) is 41.2 Å². The van der Waals surface area contributed by atoms with Gasteiger partial charge in [-0.25, -0.2) is 4.79 Å². The number of thiol groups is 1. The number of aliphatic carboxylic acids is 1. The average Bonchev–Trinajstić information content (AvgIpc) is 2.70. The second-order valence-electron chi connectivity index (χ2n) is 6.00. The molecule has 0 aliphatic carbocycles. The Morgan fingerprint density at radius 3 is 2.36 bits per heavy atom. The quantitative estimate of drug-likeness (QED) is 0.567. The van der Waals surface area contributed by atoms with Crippen molar-refractivity contribution in [2.75, 3.05) is 12.0 Å². The number of imide groups is 1. The summed E-state index contributed by atoms with van der Waals surface area (Å²) in [5.41, 5.74) is 8.15. The smallest absolute Gasteiger partial charge is 0.326 e. The van der Waals surface area contributed by atoms with Crippen molar-refractivity contribution in [1.29, 1.82) is 0 Å². The molecule has 0 bridgehead atoms. The zero-order valence-electron chi connectivity index (χ0n) is 15.4. The Labute approximate surface area is 173 Å². The highest BCUT2D eigenvalue weighted by molar-refractivity contribution is 7.98. The van der Waals surface area contributed by atoms with E-state index in [2.05, 4.69) is 12.6 Å². The van der Waals surface area contributed by atoms with Crippen molar-refractivity contribution in [1.82, 2.24) is 4.90 Å². The number of hydrogen-bond donors (Lipinski definition) is 3. The summed E-state index contributed by atoms with van der Waals surface area (Å²) >= 11 is 5.22. The van der Waals surface area contributed by atoms with Gasteiger partial charge in [0.15, 0.2) is 0 Å². The molecule has 0 heterocycles. The van der Waals surface area contributed by atoms with Crippen LogP contribution in [0.4, 0.5) is 4.79 Å². The van der Waals surface area contributed by atoms with Gasteiger partial charge >= 0.3 is 5.97 Å². The van der Waals surface area contributed by atoms with Crippen molar-refractivity contribution >= 4 is 41.5 Å². The van der Waals surface area contributed by atoms with Gasteiger partial charge in [0.25, 0.3) is 11.1 Å². The van der Waals surface area contributed by atoms with E-state index in [-0.39, 0.29) is 18.5 Å². The molecule has 148 valence electrons. The van der Waals surface area contributed by atoms with Crippen LogP contribution in [0.1, 0.15) is 22.3 Å². The van der Waals surface area contributed by atoms with E-state index < -0.39 is 23.2 Å². The van der Waals surface area contributed by atoms with Crippen molar-refractivity contribution in [3.8, 4) is 11.1 Å². The monoisotopic (exact) mass is 418 g/mol. The van der Waals surface area contributed by atoms with Gasteiger partial charge in [-0.1, -0.05) is 55.1 Å². The summed E-state index contributed by atoms with van der Waals surface area (Å²) in [5, 5.41) is 8.69. The second-order valence-corrected chi connectivity index (χ2v) is 7.37. The Morgan fingerprint density at radius 2 is 1.82 bits per heavy atom. The highest BCUT2D eigenvalue weighted by Crippen LogP contribution is 2.30. The van der Waals surface area contributed by atoms with Crippen LogP contribution < -0.4 is 5.73 Å². The first-order valence-corrected chi connectivity index (χ1v) is 10.4. The molecule has 1 atom stereocenters. The minimum absolute atomic E-state index is 0.131. The third-order valence-electron chi connectivity index (χ3n) is 4.28.